The summed E-state index contributed by atoms with van der Waals surface area (Å²) < 4.78 is 5.34. The van der Waals surface area contributed by atoms with Crippen LogP contribution in [0, 0.1) is 6.92 Å². The number of ether oxygens (including phenoxy) is 1. The number of carbonyl (C=O) groups is 1. The van der Waals surface area contributed by atoms with Crippen LogP contribution in [-0.4, -0.2) is 26.6 Å². The lowest BCUT2D eigenvalue weighted by molar-refractivity contribution is 0.0636. The summed E-state index contributed by atoms with van der Waals surface area (Å²) in [7, 11) is 0. The largest absolute Gasteiger partial charge is 0.444 e. The van der Waals surface area contributed by atoms with Crippen LogP contribution in [0.3, 0.4) is 0 Å². The summed E-state index contributed by atoms with van der Waals surface area (Å²) in [4.78, 5) is 26.9. The van der Waals surface area contributed by atoms with Crippen LogP contribution in [0.4, 0.5) is 27.8 Å². The van der Waals surface area contributed by atoms with Crippen LogP contribution in [0.1, 0.15) is 26.3 Å². The topological polar surface area (TPSA) is 80.2 Å². The number of benzene rings is 1. The molecular formula is C21H23N5O2. The highest BCUT2D eigenvalue weighted by atomic mass is 16.6. The van der Waals surface area contributed by atoms with E-state index in [0.29, 0.717) is 17.3 Å². The van der Waals surface area contributed by atoms with E-state index < -0.39 is 11.7 Å². The van der Waals surface area contributed by atoms with Gasteiger partial charge < -0.3 is 4.74 Å². The normalized spacial score (nSPS) is 11.0. The number of rotatable bonds is 4. The third-order valence-electron chi connectivity index (χ3n) is 3.77. The molecule has 28 heavy (non-hydrogen) atoms. The van der Waals surface area contributed by atoms with Crippen LogP contribution in [0.15, 0.2) is 61.2 Å². The van der Waals surface area contributed by atoms with Gasteiger partial charge in [-0.25, -0.2) is 19.7 Å². The summed E-state index contributed by atoms with van der Waals surface area (Å²) in [6, 6.07) is 13.1. The Kier molecular flexibility index (Phi) is 5.54. The SMILES string of the molecule is Cc1ccc(NC(=O)OC(C)(C)C)cc1N(c1ccccn1)c1ccncn1. The Morgan fingerprint density at radius 3 is 2.46 bits per heavy atom. The quantitative estimate of drug-likeness (QED) is 0.689. The highest BCUT2D eigenvalue weighted by Crippen LogP contribution is 2.35. The number of hydrogen-bond acceptors (Lipinski definition) is 6. The molecule has 144 valence electrons. The lowest BCUT2D eigenvalue weighted by Gasteiger charge is -2.25. The second-order valence-electron chi connectivity index (χ2n) is 7.22. The van der Waals surface area contributed by atoms with Crippen molar-refractivity contribution >= 4 is 29.1 Å². The maximum Gasteiger partial charge on any atom is 0.412 e. The van der Waals surface area contributed by atoms with Crippen molar-refractivity contribution < 1.29 is 9.53 Å². The molecule has 0 bridgehead atoms. The van der Waals surface area contributed by atoms with E-state index in [1.807, 2.05) is 75.1 Å². The highest BCUT2D eigenvalue weighted by Gasteiger charge is 2.19. The summed E-state index contributed by atoms with van der Waals surface area (Å²) in [5, 5.41) is 2.78. The number of nitrogens with zero attached hydrogens (tertiary/aromatic N) is 4. The van der Waals surface area contributed by atoms with Crippen molar-refractivity contribution in [3.05, 3.63) is 66.7 Å². The molecule has 3 rings (SSSR count). The Balaban J connectivity index is 2.00. The van der Waals surface area contributed by atoms with Crippen LogP contribution in [0.25, 0.3) is 0 Å². The number of anilines is 4. The predicted octanol–water partition coefficient (Wildman–Crippen LogP) is 5.00. The number of aromatic nitrogens is 3. The van der Waals surface area contributed by atoms with Gasteiger partial charge in [0.25, 0.3) is 0 Å². The molecule has 3 aromatic rings. The van der Waals surface area contributed by atoms with E-state index in [9.17, 15) is 4.79 Å². The van der Waals surface area contributed by atoms with Gasteiger partial charge in [0.05, 0.1) is 5.69 Å². The van der Waals surface area contributed by atoms with Gasteiger partial charge in [0.1, 0.15) is 23.6 Å². The van der Waals surface area contributed by atoms with Gasteiger partial charge >= 0.3 is 6.09 Å². The molecule has 0 unspecified atom stereocenters. The maximum atomic E-state index is 12.2. The predicted molar refractivity (Wildman–Crippen MR) is 109 cm³/mol. The second kappa shape index (κ2) is 8.04. The summed E-state index contributed by atoms with van der Waals surface area (Å²) >= 11 is 0. The minimum absolute atomic E-state index is 0.506. The molecule has 1 amide bonds. The molecular weight excluding hydrogens is 354 g/mol. The minimum atomic E-state index is -0.571. The number of aryl methyl sites for hydroxylation is 1. The van der Waals surface area contributed by atoms with E-state index in [0.717, 1.165) is 11.3 Å². The van der Waals surface area contributed by atoms with E-state index in [1.165, 1.54) is 6.33 Å². The standard InChI is InChI=1S/C21H23N5O2/c1-15-8-9-16(25-20(27)28-21(2,3)4)13-17(15)26(18-7-5-6-11-23-18)19-10-12-22-14-24-19/h5-14H,1-4H3,(H,25,27). The van der Waals surface area contributed by atoms with E-state index in [1.54, 1.807) is 12.4 Å². The van der Waals surface area contributed by atoms with Gasteiger partial charge in [-0.2, -0.15) is 0 Å². The zero-order chi connectivity index (χ0) is 20.1. The Bertz CT molecular complexity index is 901. The molecule has 7 heteroatoms. The first kappa shape index (κ1) is 19.3. The van der Waals surface area contributed by atoms with E-state index in [2.05, 4.69) is 20.3 Å². The van der Waals surface area contributed by atoms with Crippen molar-refractivity contribution in [3.8, 4) is 0 Å². The summed E-state index contributed by atoms with van der Waals surface area (Å²) in [5.74, 6) is 1.38. The number of nitrogens with one attached hydrogen (secondary N) is 1. The molecule has 2 aromatic heterocycles. The molecule has 0 saturated heterocycles. The molecule has 0 radical (unpaired) electrons. The fourth-order valence-corrected chi connectivity index (χ4v) is 2.62. The Morgan fingerprint density at radius 1 is 1.04 bits per heavy atom. The lowest BCUT2D eigenvalue weighted by Crippen LogP contribution is -2.27. The van der Waals surface area contributed by atoms with Crippen molar-refractivity contribution in [1.82, 2.24) is 15.0 Å². The first-order valence-electron chi connectivity index (χ1n) is 8.91. The van der Waals surface area contributed by atoms with Crippen LogP contribution in [-0.2, 0) is 4.74 Å². The van der Waals surface area contributed by atoms with Crippen molar-refractivity contribution in [1.29, 1.82) is 0 Å². The summed E-state index contributed by atoms with van der Waals surface area (Å²) in [6.07, 6.45) is 4.38. The number of carbonyl (C=O) groups excluding carboxylic acids is 1. The van der Waals surface area contributed by atoms with Crippen molar-refractivity contribution in [2.45, 2.75) is 33.3 Å². The molecule has 0 saturated carbocycles. The number of amides is 1. The van der Waals surface area contributed by atoms with Crippen LogP contribution >= 0.6 is 0 Å². The van der Waals surface area contributed by atoms with Crippen LogP contribution in [0.2, 0.25) is 0 Å². The zero-order valence-corrected chi connectivity index (χ0v) is 16.4. The molecule has 2 heterocycles. The number of pyridine rings is 1. The van der Waals surface area contributed by atoms with E-state index in [4.69, 9.17) is 4.74 Å². The molecule has 0 aliphatic rings. The maximum absolute atomic E-state index is 12.2. The third-order valence-corrected chi connectivity index (χ3v) is 3.77. The Morgan fingerprint density at radius 2 is 1.82 bits per heavy atom. The fraction of sp³-hybridized carbons (Fsp3) is 0.238. The Hall–Kier alpha value is -3.48. The average Bonchev–Trinajstić information content (AvgIpc) is 2.65. The van der Waals surface area contributed by atoms with Gasteiger partial charge in [-0.05, 0) is 63.6 Å². The van der Waals surface area contributed by atoms with Gasteiger partial charge in [-0.3, -0.25) is 10.2 Å². The second-order valence-corrected chi connectivity index (χ2v) is 7.22. The molecule has 0 fully saturated rings. The van der Waals surface area contributed by atoms with Gasteiger partial charge in [0, 0.05) is 18.1 Å². The third kappa shape index (κ3) is 4.82. The molecule has 7 nitrogen and oxygen atoms in total. The molecule has 1 aromatic carbocycles. The minimum Gasteiger partial charge on any atom is -0.444 e. The first-order chi connectivity index (χ1) is 13.3. The van der Waals surface area contributed by atoms with Crippen LogP contribution in [0.5, 0.6) is 0 Å². The van der Waals surface area contributed by atoms with Crippen LogP contribution < -0.4 is 10.2 Å². The van der Waals surface area contributed by atoms with Crippen molar-refractivity contribution in [3.63, 3.8) is 0 Å². The fourth-order valence-electron chi connectivity index (χ4n) is 2.62. The lowest BCUT2D eigenvalue weighted by atomic mass is 10.1. The van der Waals surface area contributed by atoms with E-state index >= 15 is 0 Å². The van der Waals surface area contributed by atoms with Gasteiger partial charge in [0.2, 0.25) is 0 Å². The number of hydrogen-bond donors (Lipinski definition) is 1. The van der Waals surface area contributed by atoms with Gasteiger partial charge in [0.15, 0.2) is 0 Å². The van der Waals surface area contributed by atoms with E-state index in [-0.39, 0.29) is 0 Å². The van der Waals surface area contributed by atoms with Gasteiger partial charge in [-0.1, -0.05) is 12.1 Å². The molecule has 0 aliphatic carbocycles. The van der Waals surface area contributed by atoms with Gasteiger partial charge in [-0.15, -0.1) is 0 Å². The molecule has 1 N–H and O–H groups in total. The molecule has 0 aliphatic heterocycles. The zero-order valence-electron chi connectivity index (χ0n) is 16.4. The Labute approximate surface area is 164 Å². The van der Waals surface area contributed by atoms with Crippen molar-refractivity contribution in [2.75, 3.05) is 10.2 Å². The first-order valence-corrected chi connectivity index (χ1v) is 8.91. The molecule has 0 atom stereocenters. The van der Waals surface area contributed by atoms with Crippen molar-refractivity contribution in [2.24, 2.45) is 0 Å². The summed E-state index contributed by atoms with van der Waals surface area (Å²) in [5.41, 5.74) is 1.88. The monoisotopic (exact) mass is 377 g/mol. The average molecular weight is 377 g/mol. The molecule has 0 spiro atoms. The highest BCUT2D eigenvalue weighted by molar-refractivity contribution is 5.87. The summed E-state index contributed by atoms with van der Waals surface area (Å²) in [6.45, 7) is 7.46. The smallest absolute Gasteiger partial charge is 0.412 e.